The zero-order valence-corrected chi connectivity index (χ0v) is 16.5. The van der Waals surface area contributed by atoms with Crippen LogP contribution in [0.2, 0.25) is 10.0 Å². The quantitative estimate of drug-likeness (QED) is 0.603. The fourth-order valence-corrected chi connectivity index (χ4v) is 3.10. The highest BCUT2D eigenvalue weighted by molar-refractivity contribution is 6.35. The number of amides is 1. The molecule has 0 aliphatic carbocycles. The van der Waals surface area contributed by atoms with E-state index in [0.717, 1.165) is 17.8 Å². The van der Waals surface area contributed by atoms with E-state index in [-0.39, 0.29) is 12.5 Å². The van der Waals surface area contributed by atoms with Gasteiger partial charge in [0.25, 0.3) is 5.91 Å². The molecule has 1 amide bonds. The molecule has 0 aliphatic heterocycles. The third kappa shape index (κ3) is 4.62. The van der Waals surface area contributed by atoms with Crippen LogP contribution in [0.5, 0.6) is 5.75 Å². The second-order valence-corrected chi connectivity index (χ2v) is 6.82. The van der Waals surface area contributed by atoms with Gasteiger partial charge in [-0.1, -0.05) is 35.3 Å². The van der Waals surface area contributed by atoms with Crippen molar-refractivity contribution < 1.29 is 9.53 Å². The molecule has 7 heteroatoms. The number of aryl methyl sites for hydroxylation is 1. The Bertz CT molecular complexity index is 970. The number of halogens is 2. The number of carbonyl (C=O) groups excluding carboxylic acids is 1. The highest BCUT2D eigenvalue weighted by Crippen LogP contribution is 2.28. The van der Waals surface area contributed by atoms with Crippen molar-refractivity contribution in [1.82, 2.24) is 9.78 Å². The highest BCUT2D eigenvalue weighted by Gasteiger charge is 2.12. The maximum Gasteiger partial charge on any atom is 0.255 e. The van der Waals surface area contributed by atoms with Crippen LogP contribution in [0.25, 0.3) is 0 Å². The van der Waals surface area contributed by atoms with Gasteiger partial charge in [0.15, 0.2) is 0 Å². The summed E-state index contributed by atoms with van der Waals surface area (Å²) >= 11 is 12.0. The standard InChI is InChI=1S/C20H19Cl2N3O2/c1-3-25-13(2)18(11-23-25)24-20(26)15-6-4-5-14(9-15)12-27-19-8-7-16(21)10-17(19)22/h4-11H,3,12H2,1-2H3,(H,24,26). The predicted molar refractivity (Wildman–Crippen MR) is 108 cm³/mol. The van der Waals surface area contributed by atoms with Crippen molar-refractivity contribution in [3.05, 3.63) is 75.5 Å². The topological polar surface area (TPSA) is 56.2 Å². The van der Waals surface area contributed by atoms with E-state index in [4.69, 9.17) is 27.9 Å². The van der Waals surface area contributed by atoms with Gasteiger partial charge in [0.1, 0.15) is 12.4 Å². The van der Waals surface area contributed by atoms with Crippen LogP contribution in [0.3, 0.4) is 0 Å². The minimum absolute atomic E-state index is 0.194. The van der Waals surface area contributed by atoms with Crippen LogP contribution >= 0.6 is 23.2 Å². The average molecular weight is 404 g/mol. The molecule has 1 aromatic heterocycles. The van der Waals surface area contributed by atoms with Gasteiger partial charge in [-0.2, -0.15) is 5.10 Å². The van der Waals surface area contributed by atoms with Gasteiger partial charge < -0.3 is 10.1 Å². The summed E-state index contributed by atoms with van der Waals surface area (Å²) in [5, 5.41) is 8.13. The van der Waals surface area contributed by atoms with Crippen molar-refractivity contribution >= 4 is 34.8 Å². The van der Waals surface area contributed by atoms with Gasteiger partial charge in [0, 0.05) is 17.1 Å². The summed E-state index contributed by atoms with van der Waals surface area (Å²) in [6.45, 7) is 4.96. The average Bonchev–Trinajstić information content (AvgIpc) is 3.01. The van der Waals surface area contributed by atoms with Gasteiger partial charge >= 0.3 is 0 Å². The van der Waals surface area contributed by atoms with Crippen LogP contribution < -0.4 is 10.1 Å². The molecule has 0 fully saturated rings. The van der Waals surface area contributed by atoms with E-state index in [1.54, 1.807) is 36.5 Å². The molecule has 0 saturated carbocycles. The Morgan fingerprint density at radius 3 is 2.74 bits per heavy atom. The zero-order valence-electron chi connectivity index (χ0n) is 15.0. The number of nitrogens with one attached hydrogen (secondary N) is 1. The van der Waals surface area contributed by atoms with Crippen molar-refractivity contribution in [2.45, 2.75) is 27.0 Å². The van der Waals surface area contributed by atoms with Gasteiger partial charge in [-0.15, -0.1) is 0 Å². The van der Waals surface area contributed by atoms with Crippen molar-refractivity contribution in [3.8, 4) is 5.75 Å². The summed E-state index contributed by atoms with van der Waals surface area (Å²) in [5.41, 5.74) is 3.02. The predicted octanol–water partition coefficient (Wildman–Crippen LogP) is 5.35. The summed E-state index contributed by atoms with van der Waals surface area (Å²) in [6.07, 6.45) is 1.66. The fourth-order valence-electron chi connectivity index (χ4n) is 2.64. The largest absolute Gasteiger partial charge is 0.487 e. The molecule has 1 heterocycles. The number of nitrogens with zero attached hydrogens (tertiary/aromatic N) is 2. The summed E-state index contributed by atoms with van der Waals surface area (Å²) in [7, 11) is 0. The number of ether oxygens (including phenoxy) is 1. The number of aromatic nitrogens is 2. The second-order valence-electron chi connectivity index (χ2n) is 5.98. The Kier molecular flexibility index (Phi) is 6.04. The maximum atomic E-state index is 12.6. The summed E-state index contributed by atoms with van der Waals surface area (Å²) < 4.78 is 7.56. The minimum Gasteiger partial charge on any atom is -0.487 e. The molecule has 3 rings (SSSR count). The molecule has 0 aliphatic rings. The van der Waals surface area contributed by atoms with Crippen molar-refractivity contribution in [2.75, 3.05) is 5.32 Å². The lowest BCUT2D eigenvalue weighted by molar-refractivity contribution is 0.102. The third-order valence-corrected chi connectivity index (χ3v) is 4.66. The molecular weight excluding hydrogens is 385 g/mol. The zero-order chi connectivity index (χ0) is 19.4. The van der Waals surface area contributed by atoms with E-state index < -0.39 is 0 Å². The molecule has 2 aromatic carbocycles. The monoisotopic (exact) mass is 403 g/mol. The van der Waals surface area contributed by atoms with Gasteiger partial charge in [-0.25, -0.2) is 0 Å². The first-order valence-electron chi connectivity index (χ1n) is 8.48. The van der Waals surface area contributed by atoms with Gasteiger partial charge in [-0.3, -0.25) is 9.48 Å². The first-order valence-corrected chi connectivity index (χ1v) is 9.24. The summed E-state index contributed by atoms with van der Waals surface area (Å²) in [5.74, 6) is 0.346. The number of hydrogen-bond donors (Lipinski definition) is 1. The minimum atomic E-state index is -0.194. The second kappa shape index (κ2) is 8.46. The lowest BCUT2D eigenvalue weighted by atomic mass is 10.1. The highest BCUT2D eigenvalue weighted by atomic mass is 35.5. The molecule has 3 aromatic rings. The molecule has 0 atom stereocenters. The molecule has 27 heavy (non-hydrogen) atoms. The molecule has 5 nitrogen and oxygen atoms in total. The van der Waals surface area contributed by atoms with E-state index in [9.17, 15) is 4.79 Å². The van der Waals surface area contributed by atoms with E-state index >= 15 is 0 Å². The van der Waals surface area contributed by atoms with Crippen molar-refractivity contribution in [1.29, 1.82) is 0 Å². The number of benzene rings is 2. The normalized spacial score (nSPS) is 10.7. The van der Waals surface area contributed by atoms with Crippen LogP contribution in [-0.2, 0) is 13.2 Å². The van der Waals surface area contributed by atoms with Gasteiger partial charge in [-0.05, 0) is 49.7 Å². The molecule has 1 N–H and O–H groups in total. The first-order chi connectivity index (χ1) is 13.0. The van der Waals surface area contributed by atoms with Crippen LogP contribution in [0.15, 0.2) is 48.7 Å². The molecule has 0 bridgehead atoms. The number of rotatable bonds is 6. The maximum absolute atomic E-state index is 12.6. The summed E-state index contributed by atoms with van der Waals surface area (Å²) in [4.78, 5) is 12.6. The molecule has 0 spiro atoms. The molecule has 0 saturated heterocycles. The Morgan fingerprint density at radius 1 is 1.22 bits per heavy atom. The lowest BCUT2D eigenvalue weighted by Gasteiger charge is -2.10. The molecule has 0 radical (unpaired) electrons. The Balaban J connectivity index is 1.69. The Labute approximate surface area is 167 Å². The van der Waals surface area contributed by atoms with Gasteiger partial charge in [0.2, 0.25) is 0 Å². The number of carbonyl (C=O) groups is 1. The number of anilines is 1. The van der Waals surface area contributed by atoms with Crippen LogP contribution in [-0.4, -0.2) is 15.7 Å². The molecule has 140 valence electrons. The SMILES string of the molecule is CCn1ncc(NC(=O)c2cccc(COc3ccc(Cl)cc3Cl)c2)c1C. The van der Waals surface area contributed by atoms with E-state index in [0.29, 0.717) is 27.0 Å². The van der Waals surface area contributed by atoms with E-state index in [1.807, 2.05) is 30.7 Å². The lowest BCUT2D eigenvalue weighted by Crippen LogP contribution is -2.13. The van der Waals surface area contributed by atoms with E-state index in [2.05, 4.69) is 10.4 Å². The Morgan fingerprint density at radius 2 is 2.04 bits per heavy atom. The van der Waals surface area contributed by atoms with Gasteiger partial charge in [0.05, 0.1) is 22.6 Å². The van der Waals surface area contributed by atoms with Crippen molar-refractivity contribution in [3.63, 3.8) is 0 Å². The molecular formula is C20H19Cl2N3O2. The van der Waals surface area contributed by atoms with Crippen LogP contribution in [0.1, 0.15) is 28.5 Å². The Hall–Kier alpha value is -2.50. The van der Waals surface area contributed by atoms with Crippen LogP contribution in [0.4, 0.5) is 5.69 Å². The number of hydrogen-bond acceptors (Lipinski definition) is 3. The van der Waals surface area contributed by atoms with Crippen molar-refractivity contribution in [2.24, 2.45) is 0 Å². The molecule has 0 unspecified atom stereocenters. The first kappa shape index (κ1) is 19.3. The smallest absolute Gasteiger partial charge is 0.255 e. The third-order valence-electron chi connectivity index (χ3n) is 4.13. The fraction of sp³-hybridized carbons (Fsp3) is 0.200. The summed E-state index contributed by atoms with van der Waals surface area (Å²) in [6, 6.07) is 12.3. The van der Waals surface area contributed by atoms with Crippen LogP contribution in [0, 0.1) is 6.92 Å². The van der Waals surface area contributed by atoms with E-state index in [1.165, 1.54) is 0 Å².